The van der Waals surface area contributed by atoms with E-state index in [1.54, 1.807) is 0 Å². The first kappa shape index (κ1) is 28.5. The Bertz CT molecular complexity index is 3460. The molecule has 4 heterocycles. The van der Waals surface area contributed by atoms with E-state index in [-0.39, 0.29) is 0 Å². The molecule has 0 amide bonds. The van der Waals surface area contributed by atoms with E-state index >= 15 is 0 Å². The number of para-hydroxylation sites is 3. The second-order valence-corrected chi connectivity index (χ2v) is 13.8. The first-order valence-corrected chi connectivity index (χ1v) is 17.9. The van der Waals surface area contributed by atoms with Crippen LogP contribution in [0.4, 0.5) is 0 Å². The van der Waals surface area contributed by atoms with Crippen molar-refractivity contribution in [3.05, 3.63) is 170 Å². The summed E-state index contributed by atoms with van der Waals surface area (Å²) in [6, 6.07) is 58.4. The average Bonchev–Trinajstić information content (AvgIpc) is 3.88. The van der Waals surface area contributed by atoms with Crippen LogP contribution in [0, 0.1) is 0 Å². The SMILES string of the molecule is c1ccc(-n2c3ccccc3c3cc(-c4ccc5c6ccccc6n(-c6cnc7oc8c9ccccc9c9ccccc9c8c7n6)c5c4)ccc32)cc1. The first-order chi connectivity index (χ1) is 26.3. The standard InChI is InChI=1S/C48H28N4O/c1-2-12-31(13-3-1)51-40-20-10-9-17-35(40)39-26-29(23-25-42(39)51)30-22-24-36-34-16-8-11-21-41(34)52(43(36)27-30)44-28-49-48-46(50-44)45-37-18-6-4-14-32(37)33-15-5-7-19-38(33)47(45)53-48/h1-28H. The van der Waals surface area contributed by atoms with E-state index in [1.165, 1.54) is 38.0 Å². The zero-order chi connectivity index (χ0) is 34.6. The fourth-order valence-corrected chi connectivity index (χ4v) is 8.67. The highest BCUT2D eigenvalue weighted by molar-refractivity contribution is 6.29. The van der Waals surface area contributed by atoms with Crippen LogP contribution < -0.4 is 0 Å². The Morgan fingerprint density at radius 2 is 0.981 bits per heavy atom. The maximum Gasteiger partial charge on any atom is 0.246 e. The van der Waals surface area contributed by atoms with E-state index in [2.05, 4.69) is 173 Å². The summed E-state index contributed by atoms with van der Waals surface area (Å²) >= 11 is 0. The van der Waals surface area contributed by atoms with Gasteiger partial charge in [-0.15, -0.1) is 0 Å². The van der Waals surface area contributed by atoms with Crippen molar-refractivity contribution in [3.8, 4) is 22.6 Å². The predicted molar refractivity (Wildman–Crippen MR) is 218 cm³/mol. The van der Waals surface area contributed by atoms with Gasteiger partial charge in [-0.3, -0.25) is 4.57 Å². The third-order valence-corrected chi connectivity index (χ3v) is 11.0. The topological polar surface area (TPSA) is 48.8 Å². The van der Waals surface area contributed by atoms with E-state index in [4.69, 9.17) is 14.4 Å². The van der Waals surface area contributed by atoms with Gasteiger partial charge in [0.15, 0.2) is 5.82 Å². The predicted octanol–water partition coefficient (Wildman–Crippen LogP) is 12.5. The Labute approximate surface area is 302 Å². The third kappa shape index (κ3) is 3.96. The van der Waals surface area contributed by atoms with Gasteiger partial charge in [0.2, 0.25) is 5.71 Å². The molecule has 0 radical (unpaired) electrons. The summed E-state index contributed by atoms with van der Waals surface area (Å²) in [6.07, 6.45) is 1.85. The van der Waals surface area contributed by atoms with Gasteiger partial charge in [0.05, 0.1) is 33.6 Å². The van der Waals surface area contributed by atoms with Crippen molar-refractivity contribution in [3.63, 3.8) is 0 Å². The second kappa shape index (κ2) is 10.6. The minimum atomic E-state index is 0.537. The van der Waals surface area contributed by atoms with E-state index in [0.29, 0.717) is 5.71 Å². The molecule has 0 bridgehead atoms. The number of hydrogen-bond acceptors (Lipinski definition) is 3. The van der Waals surface area contributed by atoms with Crippen LogP contribution in [0.3, 0.4) is 0 Å². The lowest BCUT2D eigenvalue weighted by atomic mass is 9.98. The van der Waals surface area contributed by atoms with Crippen LogP contribution in [-0.4, -0.2) is 19.1 Å². The number of benzene rings is 8. The maximum absolute atomic E-state index is 6.51. The van der Waals surface area contributed by atoms with Crippen molar-refractivity contribution in [1.29, 1.82) is 0 Å². The second-order valence-electron chi connectivity index (χ2n) is 13.8. The molecule has 246 valence electrons. The van der Waals surface area contributed by atoms with Gasteiger partial charge in [-0.2, -0.15) is 0 Å². The summed E-state index contributed by atoms with van der Waals surface area (Å²) < 4.78 is 11.1. The molecule has 5 nitrogen and oxygen atoms in total. The molecule has 0 aliphatic rings. The average molecular weight is 677 g/mol. The summed E-state index contributed by atoms with van der Waals surface area (Å²) in [4.78, 5) is 10.3. The molecule has 12 rings (SSSR count). The van der Waals surface area contributed by atoms with Gasteiger partial charge in [-0.25, -0.2) is 9.97 Å². The van der Waals surface area contributed by atoms with Crippen molar-refractivity contribution in [1.82, 2.24) is 19.1 Å². The number of hydrogen-bond donors (Lipinski definition) is 0. The summed E-state index contributed by atoms with van der Waals surface area (Å²) in [5, 5.41) is 10.3. The van der Waals surface area contributed by atoms with Crippen LogP contribution in [0.25, 0.3) is 110 Å². The molecule has 0 aliphatic carbocycles. The van der Waals surface area contributed by atoms with Crippen molar-refractivity contribution in [2.45, 2.75) is 0 Å². The van der Waals surface area contributed by atoms with Crippen LogP contribution in [-0.2, 0) is 0 Å². The molecule has 0 fully saturated rings. The zero-order valence-electron chi connectivity index (χ0n) is 28.4. The van der Waals surface area contributed by atoms with Crippen LogP contribution in [0.15, 0.2) is 174 Å². The molecule has 0 atom stereocenters. The van der Waals surface area contributed by atoms with E-state index in [1.807, 2.05) is 6.20 Å². The molecule has 0 aliphatic heterocycles. The molecule has 0 spiro atoms. The van der Waals surface area contributed by atoms with Crippen molar-refractivity contribution >= 4 is 87.4 Å². The molecular weight excluding hydrogens is 649 g/mol. The molecule has 5 heteroatoms. The largest absolute Gasteiger partial charge is 0.436 e. The van der Waals surface area contributed by atoms with E-state index in [0.717, 1.165) is 66.3 Å². The van der Waals surface area contributed by atoms with Crippen LogP contribution >= 0.6 is 0 Å². The summed E-state index contributed by atoms with van der Waals surface area (Å²) in [5.41, 5.74) is 10.1. The highest BCUT2D eigenvalue weighted by atomic mass is 16.3. The molecule has 0 saturated carbocycles. The maximum atomic E-state index is 6.51. The quantitative estimate of drug-likeness (QED) is 0.175. The highest BCUT2D eigenvalue weighted by Gasteiger charge is 2.21. The number of aromatic nitrogens is 4. The van der Waals surface area contributed by atoms with Crippen LogP contribution in [0.1, 0.15) is 0 Å². The Balaban J connectivity index is 1.10. The van der Waals surface area contributed by atoms with Gasteiger partial charge in [-0.1, -0.05) is 121 Å². The van der Waals surface area contributed by atoms with E-state index < -0.39 is 0 Å². The summed E-state index contributed by atoms with van der Waals surface area (Å²) in [7, 11) is 0. The third-order valence-electron chi connectivity index (χ3n) is 11.0. The Morgan fingerprint density at radius 3 is 1.77 bits per heavy atom. The lowest BCUT2D eigenvalue weighted by molar-refractivity contribution is 0.656. The smallest absolute Gasteiger partial charge is 0.246 e. The zero-order valence-corrected chi connectivity index (χ0v) is 28.4. The Morgan fingerprint density at radius 1 is 0.415 bits per heavy atom. The van der Waals surface area contributed by atoms with Crippen molar-refractivity contribution in [2.24, 2.45) is 0 Å². The minimum Gasteiger partial charge on any atom is -0.436 e. The molecule has 0 unspecified atom stereocenters. The molecule has 53 heavy (non-hydrogen) atoms. The molecule has 8 aromatic carbocycles. The lowest BCUT2D eigenvalue weighted by Gasteiger charge is -2.09. The normalized spacial score (nSPS) is 12.2. The lowest BCUT2D eigenvalue weighted by Crippen LogP contribution is -1.98. The fraction of sp³-hybridized carbons (Fsp3) is 0. The molecule has 0 N–H and O–H groups in total. The Hall–Kier alpha value is -7.24. The van der Waals surface area contributed by atoms with E-state index in [9.17, 15) is 0 Å². The van der Waals surface area contributed by atoms with Gasteiger partial charge < -0.3 is 8.98 Å². The molecule has 0 saturated heterocycles. The van der Waals surface area contributed by atoms with Crippen molar-refractivity contribution in [2.75, 3.05) is 0 Å². The number of fused-ring (bicyclic) bond motifs is 14. The number of nitrogens with zero attached hydrogens (tertiary/aromatic N) is 4. The van der Waals surface area contributed by atoms with Gasteiger partial charge in [0.1, 0.15) is 11.1 Å². The number of furan rings is 1. The van der Waals surface area contributed by atoms with Gasteiger partial charge in [0, 0.05) is 32.6 Å². The molecule has 12 aromatic rings. The first-order valence-electron chi connectivity index (χ1n) is 17.9. The summed E-state index contributed by atoms with van der Waals surface area (Å²) in [6.45, 7) is 0. The minimum absolute atomic E-state index is 0.537. The van der Waals surface area contributed by atoms with Gasteiger partial charge in [-0.05, 0) is 69.8 Å². The fourth-order valence-electron chi connectivity index (χ4n) is 8.67. The van der Waals surface area contributed by atoms with Gasteiger partial charge in [0.25, 0.3) is 0 Å². The Kier molecular flexibility index (Phi) is 5.71. The monoisotopic (exact) mass is 676 g/mol. The molecule has 4 aromatic heterocycles. The van der Waals surface area contributed by atoms with Crippen LogP contribution in [0.2, 0.25) is 0 Å². The number of rotatable bonds is 3. The van der Waals surface area contributed by atoms with Crippen molar-refractivity contribution < 1.29 is 4.42 Å². The van der Waals surface area contributed by atoms with Crippen LogP contribution in [0.5, 0.6) is 0 Å². The molecular formula is C48H28N4O. The highest BCUT2D eigenvalue weighted by Crippen LogP contribution is 2.41. The van der Waals surface area contributed by atoms with Gasteiger partial charge >= 0.3 is 0 Å². The summed E-state index contributed by atoms with van der Waals surface area (Å²) in [5.74, 6) is 0.752.